The van der Waals surface area contributed by atoms with E-state index in [1.807, 2.05) is 31.5 Å². The number of rotatable bonds is 8. The highest BCUT2D eigenvalue weighted by molar-refractivity contribution is 5.79. The average Bonchev–Trinajstić information content (AvgIpc) is 3.32. The lowest BCUT2D eigenvalue weighted by atomic mass is 10.1. The molecule has 0 unspecified atom stereocenters. The first-order chi connectivity index (χ1) is 13.2. The molecule has 0 radical (unpaired) electrons. The predicted molar refractivity (Wildman–Crippen MR) is 110 cm³/mol. The molecule has 2 N–H and O–H groups in total. The molecule has 1 aromatic carbocycles. The van der Waals surface area contributed by atoms with Crippen LogP contribution < -0.4 is 10.6 Å². The minimum absolute atomic E-state index is 0.648. The van der Waals surface area contributed by atoms with Gasteiger partial charge in [0.2, 0.25) is 0 Å². The molecule has 0 aliphatic carbocycles. The van der Waals surface area contributed by atoms with Crippen molar-refractivity contribution in [2.45, 2.75) is 33.5 Å². The standard InChI is InChI=1S/C21H28N6/c1-3-22-21(24-9-13-26-11-4-5-12-26)25-16-19-7-6-8-20(15-19)17-27-14-10-23-18(27)2/h4-8,10-12,14-15H,3,9,13,16-17H2,1-2H3,(H2,22,24,25). The zero-order chi connectivity index (χ0) is 18.9. The molecule has 0 bridgehead atoms. The molecule has 142 valence electrons. The van der Waals surface area contributed by atoms with E-state index in [9.17, 15) is 0 Å². The fraction of sp³-hybridized carbons (Fsp3) is 0.333. The van der Waals surface area contributed by atoms with Crippen molar-refractivity contribution in [1.29, 1.82) is 0 Å². The van der Waals surface area contributed by atoms with E-state index >= 15 is 0 Å². The molecule has 0 saturated heterocycles. The summed E-state index contributed by atoms with van der Waals surface area (Å²) < 4.78 is 4.30. The van der Waals surface area contributed by atoms with Crippen LogP contribution >= 0.6 is 0 Å². The number of imidazole rings is 1. The van der Waals surface area contributed by atoms with Crippen molar-refractivity contribution in [3.63, 3.8) is 0 Å². The molecule has 0 atom stereocenters. The van der Waals surface area contributed by atoms with Gasteiger partial charge in [-0.25, -0.2) is 9.98 Å². The summed E-state index contributed by atoms with van der Waals surface area (Å²) in [4.78, 5) is 9.01. The maximum atomic E-state index is 4.72. The number of hydrogen-bond donors (Lipinski definition) is 2. The Morgan fingerprint density at radius 1 is 1.07 bits per heavy atom. The van der Waals surface area contributed by atoms with Crippen molar-refractivity contribution in [3.05, 3.63) is 78.1 Å². The third-order valence-corrected chi connectivity index (χ3v) is 4.36. The Morgan fingerprint density at radius 3 is 2.63 bits per heavy atom. The van der Waals surface area contributed by atoms with Crippen LogP contribution in [-0.2, 0) is 19.6 Å². The molecule has 0 saturated carbocycles. The van der Waals surface area contributed by atoms with Crippen molar-refractivity contribution in [2.75, 3.05) is 13.1 Å². The summed E-state index contributed by atoms with van der Waals surface area (Å²) in [7, 11) is 0. The molecule has 2 aromatic heterocycles. The van der Waals surface area contributed by atoms with Crippen molar-refractivity contribution in [2.24, 2.45) is 4.99 Å². The number of hydrogen-bond acceptors (Lipinski definition) is 2. The van der Waals surface area contributed by atoms with Gasteiger partial charge < -0.3 is 19.8 Å². The maximum absolute atomic E-state index is 4.72. The minimum atomic E-state index is 0.648. The molecule has 3 rings (SSSR count). The van der Waals surface area contributed by atoms with Crippen LogP contribution in [0.2, 0.25) is 0 Å². The summed E-state index contributed by atoms with van der Waals surface area (Å²) in [6.07, 6.45) is 7.99. The fourth-order valence-electron chi connectivity index (χ4n) is 2.93. The van der Waals surface area contributed by atoms with Crippen molar-refractivity contribution < 1.29 is 0 Å². The van der Waals surface area contributed by atoms with Crippen molar-refractivity contribution in [1.82, 2.24) is 24.8 Å². The van der Waals surface area contributed by atoms with Crippen LogP contribution in [0.15, 0.2) is 66.2 Å². The first kappa shape index (κ1) is 18.8. The Bertz CT molecular complexity index is 847. The molecule has 0 fully saturated rings. The van der Waals surface area contributed by atoms with Crippen LogP contribution in [0, 0.1) is 6.92 Å². The molecule has 6 nitrogen and oxygen atoms in total. The smallest absolute Gasteiger partial charge is 0.191 e. The summed E-state index contributed by atoms with van der Waals surface area (Å²) in [5.74, 6) is 1.88. The van der Waals surface area contributed by atoms with E-state index < -0.39 is 0 Å². The monoisotopic (exact) mass is 364 g/mol. The molecule has 0 amide bonds. The van der Waals surface area contributed by atoms with Crippen LogP contribution in [0.25, 0.3) is 0 Å². The van der Waals surface area contributed by atoms with Crippen LogP contribution in [0.1, 0.15) is 23.9 Å². The Morgan fingerprint density at radius 2 is 1.89 bits per heavy atom. The zero-order valence-corrected chi connectivity index (χ0v) is 16.1. The van der Waals surface area contributed by atoms with Crippen LogP contribution in [-0.4, -0.2) is 33.2 Å². The quantitative estimate of drug-likeness (QED) is 0.477. The van der Waals surface area contributed by atoms with E-state index in [-0.39, 0.29) is 0 Å². The first-order valence-corrected chi connectivity index (χ1v) is 9.43. The van der Waals surface area contributed by atoms with Gasteiger partial charge in [-0.3, -0.25) is 0 Å². The van der Waals surface area contributed by atoms with Crippen molar-refractivity contribution in [3.8, 4) is 0 Å². The zero-order valence-electron chi connectivity index (χ0n) is 16.1. The van der Waals surface area contributed by atoms with E-state index in [2.05, 4.69) is 68.3 Å². The molecule has 27 heavy (non-hydrogen) atoms. The van der Waals surface area contributed by atoms with E-state index in [4.69, 9.17) is 4.99 Å². The number of aromatic nitrogens is 3. The molecular formula is C21H28N6. The molecular weight excluding hydrogens is 336 g/mol. The molecule has 0 aliphatic heterocycles. The van der Waals surface area contributed by atoms with E-state index in [1.165, 1.54) is 11.1 Å². The topological polar surface area (TPSA) is 59.2 Å². The van der Waals surface area contributed by atoms with Gasteiger partial charge in [0.25, 0.3) is 0 Å². The first-order valence-electron chi connectivity index (χ1n) is 9.43. The lowest BCUT2D eigenvalue weighted by molar-refractivity contribution is 0.665. The largest absolute Gasteiger partial charge is 0.357 e. The summed E-state index contributed by atoms with van der Waals surface area (Å²) in [6, 6.07) is 12.7. The lowest BCUT2D eigenvalue weighted by Gasteiger charge is -2.12. The molecule has 0 spiro atoms. The van der Waals surface area contributed by atoms with E-state index in [0.717, 1.165) is 38.0 Å². The lowest BCUT2D eigenvalue weighted by Crippen LogP contribution is -2.38. The minimum Gasteiger partial charge on any atom is -0.357 e. The Labute approximate surface area is 161 Å². The Kier molecular flexibility index (Phi) is 6.68. The summed E-state index contributed by atoms with van der Waals surface area (Å²) in [6.45, 7) is 8.18. The number of aliphatic imine (C=N–C) groups is 1. The number of aryl methyl sites for hydroxylation is 1. The van der Waals surface area contributed by atoms with Gasteiger partial charge in [0.05, 0.1) is 6.54 Å². The van der Waals surface area contributed by atoms with E-state index in [0.29, 0.717) is 6.54 Å². The average molecular weight is 364 g/mol. The highest BCUT2D eigenvalue weighted by atomic mass is 15.2. The van der Waals surface area contributed by atoms with Gasteiger partial charge in [-0.1, -0.05) is 24.3 Å². The molecule has 3 aromatic rings. The summed E-state index contributed by atoms with van der Waals surface area (Å²) in [5.41, 5.74) is 2.46. The second-order valence-corrected chi connectivity index (χ2v) is 6.47. The number of guanidine groups is 1. The van der Waals surface area contributed by atoms with E-state index in [1.54, 1.807) is 0 Å². The fourth-order valence-corrected chi connectivity index (χ4v) is 2.93. The van der Waals surface area contributed by atoms with Crippen LogP contribution in [0.3, 0.4) is 0 Å². The number of nitrogens with one attached hydrogen (secondary N) is 2. The molecule has 2 heterocycles. The highest BCUT2D eigenvalue weighted by Gasteiger charge is 2.02. The van der Waals surface area contributed by atoms with Crippen LogP contribution in [0.5, 0.6) is 0 Å². The maximum Gasteiger partial charge on any atom is 0.191 e. The summed E-state index contributed by atoms with van der Waals surface area (Å²) in [5, 5.41) is 6.70. The Hall–Kier alpha value is -3.02. The molecule has 6 heteroatoms. The van der Waals surface area contributed by atoms with Gasteiger partial charge in [0, 0.05) is 51.0 Å². The highest BCUT2D eigenvalue weighted by Crippen LogP contribution is 2.09. The van der Waals surface area contributed by atoms with Gasteiger partial charge in [0.15, 0.2) is 5.96 Å². The second-order valence-electron chi connectivity index (χ2n) is 6.47. The van der Waals surface area contributed by atoms with Crippen molar-refractivity contribution >= 4 is 5.96 Å². The predicted octanol–water partition coefficient (Wildman–Crippen LogP) is 2.80. The van der Waals surface area contributed by atoms with Crippen LogP contribution in [0.4, 0.5) is 0 Å². The molecule has 0 aliphatic rings. The number of benzene rings is 1. The summed E-state index contributed by atoms with van der Waals surface area (Å²) >= 11 is 0. The third kappa shape index (κ3) is 5.74. The SMILES string of the molecule is CCNC(=NCc1cccc(Cn2ccnc2C)c1)NCCn1cccc1. The normalized spacial score (nSPS) is 11.6. The van der Waals surface area contributed by atoms with Gasteiger partial charge in [-0.15, -0.1) is 0 Å². The van der Waals surface area contributed by atoms with Gasteiger partial charge in [-0.05, 0) is 37.1 Å². The van der Waals surface area contributed by atoms with Gasteiger partial charge in [0.1, 0.15) is 5.82 Å². The second kappa shape index (κ2) is 9.62. The number of nitrogens with zero attached hydrogens (tertiary/aromatic N) is 4. The van der Waals surface area contributed by atoms with Gasteiger partial charge in [-0.2, -0.15) is 0 Å². The Balaban J connectivity index is 1.58. The van der Waals surface area contributed by atoms with Gasteiger partial charge >= 0.3 is 0 Å². The third-order valence-electron chi connectivity index (χ3n) is 4.36.